The number of ether oxygens (including phenoxy) is 1. The summed E-state index contributed by atoms with van der Waals surface area (Å²) < 4.78 is 5.21. The molecule has 0 saturated carbocycles. The molecule has 10 heteroatoms. The quantitative estimate of drug-likeness (QED) is 0.0768. The molecule has 3 aliphatic carbocycles. The molecule has 1 fully saturated rings. The maximum absolute atomic E-state index is 14.7. The lowest BCUT2D eigenvalue weighted by Crippen LogP contribution is -2.57. The standard InChI is InChI=1S/C42H30Cl2N2O6/c43-41-29-15-7-8-16-30(29)42(44,32-18-10-9-17-31(32)41)36-35(41)38(49)46(39(36)50)33(23-25-11-3-1-4-12-25)37(48)45-28-21-19-27(20-22-28)40(51)52-24-34(47)26-13-5-2-6-14-26/h1-22,33,35-36H,23-24H2,(H,45,48)/t33-,35-,36+,41?,42?/m0/s1. The van der Waals surface area contributed by atoms with Gasteiger partial charge in [-0.3, -0.25) is 24.1 Å². The molecule has 258 valence electrons. The summed E-state index contributed by atoms with van der Waals surface area (Å²) in [4.78, 5) is 67.1. The number of alkyl halides is 2. The fourth-order valence-electron chi connectivity index (χ4n) is 7.97. The molecule has 2 bridgehead atoms. The van der Waals surface area contributed by atoms with E-state index in [0.29, 0.717) is 33.5 Å². The van der Waals surface area contributed by atoms with Crippen molar-refractivity contribution in [2.45, 2.75) is 22.2 Å². The maximum atomic E-state index is 14.7. The molecule has 1 aliphatic heterocycles. The Morgan fingerprint density at radius 3 is 1.60 bits per heavy atom. The zero-order valence-corrected chi connectivity index (χ0v) is 29.0. The first-order valence-corrected chi connectivity index (χ1v) is 17.5. The van der Waals surface area contributed by atoms with Crippen LogP contribution in [0.2, 0.25) is 0 Å². The Balaban J connectivity index is 1.08. The summed E-state index contributed by atoms with van der Waals surface area (Å²) in [5.41, 5.74) is 4.32. The maximum Gasteiger partial charge on any atom is 0.338 e. The summed E-state index contributed by atoms with van der Waals surface area (Å²) in [5, 5.41) is 2.83. The van der Waals surface area contributed by atoms with E-state index in [-0.39, 0.29) is 17.8 Å². The van der Waals surface area contributed by atoms with E-state index in [0.717, 1.165) is 10.5 Å². The number of carbonyl (C=O) groups is 5. The number of anilines is 1. The zero-order valence-electron chi connectivity index (χ0n) is 27.5. The Hall–Kier alpha value is -5.57. The van der Waals surface area contributed by atoms with E-state index >= 15 is 0 Å². The second kappa shape index (κ2) is 12.9. The third kappa shape index (κ3) is 5.16. The molecule has 0 unspecified atom stereocenters. The summed E-state index contributed by atoms with van der Waals surface area (Å²) in [5.74, 6) is -4.92. The van der Waals surface area contributed by atoms with Crippen LogP contribution in [0.15, 0.2) is 133 Å². The van der Waals surface area contributed by atoms with E-state index in [2.05, 4.69) is 5.32 Å². The SMILES string of the molecule is O=C(COC(=O)c1ccc(NC(=O)[C@H](Cc2ccccc2)N2C(=O)[C@@H]3[C@H](C2=O)C2(Cl)c4ccccc4C3(Cl)c3ccccc32)cc1)c1ccccc1. The molecule has 5 aromatic rings. The number of rotatable bonds is 9. The topological polar surface area (TPSA) is 110 Å². The van der Waals surface area contributed by atoms with Crippen LogP contribution in [0.3, 0.4) is 0 Å². The Labute approximate surface area is 309 Å². The van der Waals surface area contributed by atoms with Crippen molar-refractivity contribution in [3.8, 4) is 0 Å². The van der Waals surface area contributed by atoms with Crippen LogP contribution in [0, 0.1) is 11.8 Å². The Morgan fingerprint density at radius 1 is 0.635 bits per heavy atom. The minimum absolute atomic E-state index is 0.0356. The van der Waals surface area contributed by atoms with Gasteiger partial charge in [-0.25, -0.2) is 4.79 Å². The molecule has 0 radical (unpaired) electrons. The second-order valence-electron chi connectivity index (χ2n) is 13.2. The van der Waals surface area contributed by atoms with Crippen molar-refractivity contribution in [2.24, 2.45) is 11.8 Å². The van der Waals surface area contributed by atoms with Crippen LogP contribution in [-0.4, -0.2) is 47.0 Å². The number of benzene rings is 5. The van der Waals surface area contributed by atoms with Crippen molar-refractivity contribution >= 4 is 58.4 Å². The smallest absolute Gasteiger partial charge is 0.338 e. The average molecular weight is 730 g/mol. The molecule has 3 atom stereocenters. The van der Waals surface area contributed by atoms with Gasteiger partial charge in [0.05, 0.1) is 17.4 Å². The van der Waals surface area contributed by atoms with E-state index in [1.54, 1.807) is 30.3 Å². The van der Waals surface area contributed by atoms with Crippen molar-refractivity contribution in [2.75, 3.05) is 11.9 Å². The molecular formula is C42H30Cl2N2O6. The van der Waals surface area contributed by atoms with Crippen molar-refractivity contribution in [1.29, 1.82) is 0 Å². The Bertz CT molecular complexity index is 2140. The van der Waals surface area contributed by atoms with E-state index < -0.39 is 57.9 Å². The van der Waals surface area contributed by atoms with Crippen LogP contribution in [0.25, 0.3) is 0 Å². The fourth-order valence-corrected chi connectivity index (χ4v) is 9.07. The molecule has 5 aromatic carbocycles. The lowest BCUT2D eigenvalue weighted by atomic mass is 9.54. The van der Waals surface area contributed by atoms with Crippen molar-refractivity contribution in [3.05, 3.63) is 172 Å². The van der Waals surface area contributed by atoms with Crippen LogP contribution in [0.5, 0.6) is 0 Å². The molecule has 1 saturated heterocycles. The number of nitrogens with one attached hydrogen (secondary N) is 1. The van der Waals surface area contributed by atoms with Gasteiger partial charge in [-0.1, -0.05) is 109 Å². The van der Waals surface area contributed by atoms with Crippen LogP contribution in [0.1, 0.15) is 48.5 Å². The van der Waals surface area contributed by atoms with Crippen LogP contribution < -0.4 is 5.32 Å². The number of carbonyl (C=O) groups excluding carboxylic acids is 5. The van der Waals surface area contributed by atoms with Gasteiger partial charge >= 0.3 is 5.97 Å². The number of hydrogen-bond acceptors (Lipinski definition) is 6. The molecule has 1 heterocycles. The number of imide groups is 1. The minimum atomic E-state index is -1.39. The number of likely N-dealkylation sites (tertiary alicyclic amines) is 1. The largest absolute Gasteiger partial charge is 0.454 e. The molecule has 0 spiro atoms. The lowest BCUT2D eigenvalue weighted by molar-refractivity contribution is -0.146. The summed E-state index contributed by atoms with van der Waals surface area (Å²) in [6, 6.07) is 37.0. The highest BCUT2D eigenvalue weighted by Crippen LogP contribution is 2.69. The third-order valence-electron chi connectivity index (χ3n) is 10.3. The second-order valence-corrected chi connectivity index (χ2v) is 14.3. The van der Waals surface area contributed by atoms with Gasteiger partial charge < -0.3 is 10.1 Å². The number of amides is 3. The van der Waals surface area contributed by atoms with E-state index in [1.165, 1.54) is 24.3 Å². The average Bonchev–Trinajstić information content (AvgIpc) is 3.46. The van der Waals surface area contributed by atoms with Crippen molar-refractivity contribution in [1.82, 2.24) is 4.90 Å². The molecule has 4 aliphatic rings. The highest BCUT2D eigenvalue weighted by Gasteiger charge is 2.73. The minimum Gasteiger partial charge on any atom is -0.454 e. The summed E-state index contributed by atoms with van der Waals surface area (Å²) in [6.07, 6.45) is 0.0356. The predicted molar refractivity (Wildman–Crippen MR) is 195 cm³/mol. The van der Waals surface area contributed by atoms with E-state index in [1.807, 2.05) is 78.9 Å². The highest BCUT2D eigenvalue weighted by molar-refractivity contribution is 6.36. The van der Waals surface area contributed by atoms with Gasteiger partial charge in [-0.05, 0) is 52.1 Å². The summed E-state index contributed by atoms with van der Waals surface area (Å²) >= 11 is 15.2. The van der Waals surface area contributed by atoms with Crippen molar-refractivity contribution in [3.63, 3.8) is 0 Å². The fraction of sp³-hybridized carbons (Fsp3) is 0.167. The summed E-state index contributed by atoms with van der Waals surface area (Å²) in [6.45, 7) is -0.425. The van der Waals surface area contributed by atoms with Gasteiger partial charge in [-0.15, -0.1) is 23.2 Å². The van der Waals surface area contributed by atoms with Gasteiger partial charge in [-0.2, -0.15) is 0 Å². The van der Waals surface area contributed by atoms with E-state index in [9.17, 15) is 24.0 Å². The Morgan fingerprint density at radius 2 is 1.10 bits per heavy atom. The lowest BCUT2D eigenvalue weighted by Gasteiger charge is -2.54. The van der Waals surface area contributed by atoms with Crippen LogP contribution >= 0.6 is 23.2 Å². The number of Topliss-reactive ketones (excluding diaryl/α,β-unsaturated/α-hetero) is 1. The van der Waals surface area contributed by atoms with Gasteiger partial charge in [0.1, 0.15) is 15.8 Å². The van der Waals surface area contributed by atoms with Crippen LogP contribution in [-0.2, 0) is 35.3 Å². The predicted octanol–water partition coefficient (Wildman–Crippen LogP) is 6.87. The molecule has 0 aromatic heterocycles. The first kappa shape index (κ1) is 33.6. The number of ketones is 1. The Kier molecular flexibility index (Phi) is 8.32. The van der Waals surface area contributed by atoms with Gasteiger partial charge in [0.25, 0.3) is 0 Å². The van der Waals surface area contributed by atoms with Crippen LogP contribution in [0.4, 0.5) is 5.69 Å². The zero-order chi connectivity index (χ0) is 36.2. The summed E-state index contributed by atoms with van der Waals surface area (Å²) in [7, 11) is 0. The van der Waals surface area contributed by atoms with Gasteiger partial charge in [0.15, 0.2) is 12.4 Å². The number of hydrogen-bond donors (Lipinski definition) is 1. The third-order valence-corrected chi connectivity index (χ3v) is 11.6. The highest BCUT2D eigenvalue weighted by atomic mass is 35.5. The molecule has 3 amide bonds. The number of esters is 1. The monoisotopic (exact) mass is 728 g/mol. The molecule has 9 rings (SSSR count). The number of nitrogens with zero attached hydrogens (tertiary/aromatic N) is 1. The molecule has 52 heavy (non-hydrogen) atoms. The first-order valence-electron chi connectivity index (χ1n) is 16.8. The first-order chi connectivity index (χ1) is 25.1. The molecule has 8 nitrogen and oxygen atoms in total. The number of halogens is 2. The normalized spacial score (nSPS) is 22.9. The van der Waals surface area contributed by atoms with Crippen molar-refractivity contribution < 1.29 is 28.7 Å². The molecule has 1 N–H and O–H groups in total. The van der Waals surface area contributed by atoms with E-state index in [4.69, 9.17) is 27.9 Å². The van der Waals surface area contributed by atoms with Gasteiger partial charge in [0, 0.05) is 17.7 Å². The molecular weight excluding hydrogens is 699 g/mol. The van der Waals surface area contributed by atoms with Gasteiger partial charge in [0.2, 0.25) is 17.7 Å².